The first kappa shape index (κ1) is 16.7. The Kier molecular flexibility index (Phi) is 4.15. The van der Waals surface area contributed by atoms with Crippen LogP contribution in [0.4, 0.5) is 0 Å². The molecule has 2 aliphatic rings. The van der Waals surface area contributed by atoms with Crippen LogP contribution in [0, 0.1) is 0 Å². The van der Waals surface area contributed by atoms with Gasteiger partial charge >= 0.3 is 0 Å². The molecule has 8 heteroatoms. The summed E-state index contributed by atoms with van der Waals surface area (Å²) in [7, 11) is -1.89. The Morgan fingerprint density at radius 1 is 1.08 bits per heavy atom. The number of benzene rings is 1. The summed E-state index contributed by atoms with van der Waals surface area (Å²) in [6.07, 6.45) is 2.67. The second-order valence-corrected chi connectivity index (χ2v) is 8.30. The van der Waals surface area contributed by atoms with Crippen molar-refractivity contribution in [2.75, 3.05) is 26.3 Å². The van der Waals surface area contributed by atoms with Gasteiger partial charge < -0.3 is 9.47 Å². The van der Waals surface area contributed by atoms with Crippen LogP contribution in [0.15, 0.2) is 41.4 Å². The quantitative estimate of drug-likeness (QED) is 0.828. The maximum absolute atomic E-state index is 13.2. The van der Waals surface area contributed by atoms with E-state index in [-0.39, 0.29) is 4.90 Å². The lowest BCUT2D eigenvalue weighted by atomic mass is 10.1. The molecule has 25 heavy (non-hydrogen) atoms. The highest BCUT2D eigenvalue weighted by Crippen LogP contribution is 2.35. The molecule has 3 heterocycles. The molecule has 2 aliphatic heterocycles. The average molecular weight is 363 g/mol. The van der Waals surface area contributed by atoms with Gasteiger partial charge in [0.2, 0.25) is 10.0 Å². The van der Waals surface area contributed by atoms with Gasteiger partial charge in [0, 0.05) is 44.7 Å². The van der Waals surface area contributed by atoms with E-state index in [2.05, 4.69) is 5.10 Å². The highest BCUT2D eigenvalue weighted by Gasteiger charge is 2.43. The van der Waals surface area contributed by atoms with Crippen LogP contribution in [-0.2, 0) is 26.5 Å². The zero-order valence-electron chi connectivity index (χ0n) is 14.1. The monoisotopic (exact) mass is 363 g/mol. The largest absolute Gasteiger partial charge is 0.347 e. The van der Waals surface area contributed by atoms with Gasteiger partial charge in [-0.05, 0) is 0 Å². The summed E-state index contributed by atoms with van der Waals surface area (Å²) in [6.45, 7) is 1.91. The highest BCUT2D eigenvalue weighted by atomic mass is 32.2. The molecule has 2 fully saturated rings. The zero-order chi connectivity index (χ0) is 17.5. The molecule has 1 aromatic heterocycles. The predicted octanol–water partition coefficient (Wildman–Crippen LogP) is 1.61. The Morgan fingerprint density at radius 2 is 1.72 bits per heavy atom. The van der Waals surface area contributed by atoms with Gasteiger partial charge in [-0.3, -0.25) is 4.68 Å². The summed E-state index contributed by atoms with van der Waals surface area (Å²) in [5.41, 5.74) is 1.27. The van der Waals surface area contributed by atoms with E-state index >= 15 is 0 Å². The first-order valence-electron chi connectivity index (χ1n) is 8.37. The summed E-state index contributed by atoms with van der Waals surface area (Å²) in [4.78, 5) is 0.241. The third-order valence-electron chi connectivity index (χ3n) is 4.76. The smallest absolute Gasteiger partial charge is 0.246 e. The maximum atomic E-state index is 13.2. The number of piperidine rings is 1. The van der Waals surface area contributed by atoms with E-state index in [0.717, 1.165) is 5.56 Å². The van der Waals surface area contributed by atoms with E-state index < -0.39 is 15.8 Å². The van der Waals surface area contributed by atoms with Gasteiger partial charge in [-0.15, -0.1) is 0 Å². The number of hydrogen-bond donors (Lipinski definition) is 0. The summed E-state index contributed by atoms with van der Waals surface area (Å²) in [5, 5.41) is 4.37. The van der Waals surface area contributed by atoms with Gasteiger partial charge in [0.05, 0.1) is 13.2 Å². The summed E-state index contributed by atoms with van der Waals surface area (Å²) in [5.74, 6) is -0.594. The van der Waals surface area contributed by atoms with E-state index in [4.69, 9.17) is 9.47 Å². The SMILES string of the molecule is Cn1cc(S(=O)(=O)N2CCC3(CC2)OCCO3)c(-c2ccccc2)n1. The number of hydrogen-bond acceptors (Lipinski definition) is 5. The predicted molar refractivity (Wildman–Crippen MR) is 91.3 cm³/mol. The summed E-state index contributed by atoms with van der Waals surface area (Å²) in [6, 6.07) is 9.38. The van der Waals surface area contributed by atoms with Crippen LogP contribution < -0.4 is 0 Å². The molecule has 0 N–H and O–H groups in total. The van der Waals surface area contributed by atoms with Crippen molar-refractivity contribution in [1.29, 1.82) is 0 Å². The Balaban J connectivity index is 1.63. The van der Waals surface area contributed by atoms with Gasteiger partial charge in [0.15, 0.2) is 5.79 Å². The Bertz CT molecular complexity index is 847. The molecule has 7 nitrogen and oxygen atoms in total. The topological polar surface area (TPSA) is 73.7 Å². The lowest BCUT2D eigenvalue weighted by Gasteiger charge is -2.36. The van der Waals surface area contributed by atoms with Crippen molar-refractivity contribution in [2.45, 2.75) is 23.5 Å². The molecule has 0 saturated carbocycles. The normalized spacial score (nSPS) is 21.0. The van der Waals surface area contributed by atoms with Crippen molar-refractivity contribution >= 4 is 10.0 Å². The first-order valence-corrected chi connectivity index (χ1v) is 9.81. The lowest BCUT2D eigenvalue weighted by molar-refractivity contribution is -0.179. The number of rotatable bonds is 3. The van der Waals surface area contributed by atoms with E-state index in [9.17, 15) is 8.42 Å². The molecule has 1 spiro atoms. The van der Waals surface area contributed by atoms with Crippen LogP contribution in [-0.4, -0.2) is 54.6 Å². The van der Waals surface area contributed by atoms with Gasteiger partial charge in [-0.1, -0.05) is 30.3 Å². The standard InChI is InChI=1S/C17H21N3O4S/c1-19-13-15(16(18-19)14-5-3-2-4-6-14)25(21,22)20-9-7-17(8-10-20)23-11-12-24-17/h2-6,13H,7-12H2,1H3. The molecule has 2 aromatic rings. The van der Waals surface area contributed by atoms with Crippen molar-refractivity contribution in [2.24, 2.45) is 7.05 Å². The fraction of sp³-hybridized carbons (Fsp3) is 0.471. The van der Waals surface area contributed by atoms with Crippen molar-refractivity contribution in [1.82, 2.24) is 14.1 Å². The molecule has 2 saturated heterocycles. The van der Waals surface area contributed by atoms with E-state index in [0.29, 0.717) is 44.8 Å². The molecule has 0 bridgehead atoms. The van der Waals surface area contributed by atoms with Gasteiger partial charge in [0.25, 0.3) is 0 Å². The minimum atomic E-state index is -3.63. The van der Waals surface area contributed by atoms with E-state index in [1.54, 1.807) is 17.9 Å². The molecule has 0 unspecified atom stereocenters. The van der Waals surface area contributed by atoms with Crippen molar-refractivity contribution < 1.29 is 17.9 Å². The van der Waals surface area contributed by atoms with Crippen LogP contribution in [0.1, 0.15) is 12.8 Å². The van der Waals surface area contributed by atoms with Gasteiger partial charge in [0.1, 0.15) is 10.6 Å². The summed E-state index contributed by atoms with van der Waals surface area (Å²) < 4.78 is 40.8. The Hall–Kier alpha value is -1.74. The molecule has 0 aliphatic carbocycles. The number of ether oxygens (including phenoxy) is 2. The fourth-order valence-corrected chi connectivity index (χ4v) is 5.07. The van der Waals surface area contributed by atoms with Crippen LogP contribution in [0.5, 0.6) is 0 Å². The summed E-state index contributed by atoms with van der Waals surface area (Å²) >= 11 is 0. The van der Waals surface area contributed by atoms with E-state index in [1.807, 2.05) is 30.3 Å². The second-order valence-electron chi connectivity index (χ2n) is 6.39. The Labute approximate surface area is 147 Å². The minimum Gasteiger partial charge on any atom is -0.347 e. The fourth-order valence-electron chi connectivity index (χ4n) is 3.44. The molecule has 0 amide bonds. The molecule has 0 atom stereocenters. The highest BCUT2D eigenvalue weighted by molar-refractivity contribution is 7.89. The molecule has 4 rings (SSSR count). The van der Waals surface area contributed by atoms with Gasteiger partial charge in [-0.2, -0.15) is 9.40 Å². The first-order chi connectivity index (χ1) is 12.0. The minimum absolute atomic E-state index is 0.241. The molecule has 134 valence electrons. The Morgan fingerprint density at radius 3 is 2.36 bits per heavy atom. The average Bonchev–Trinajstić information content (AvgIpc) is 3.23. The van der Waals surface area contributed by atoms with Crippen molar-refractivity contribution in [3.63, 3.8) is 0 Å². The number of sulfonamides is 1. The van der Waals surface area contributed by atoms with Crippen molar-refractivity contribution in [3.05, 3.63) is 36.5 Å². The maximum Gasteiger partial charge on any atom is 0.246 e. The van der Waals surface area contributed by atoms with Crippen LogP contribution in [0.2, 0.25) is 0 Å². The zero-order valence-corrected chi connectivity index (χ0v) is 14.9. The molecular formula is C17H21N3O4S. The molecule has 1 aromatic carbocycles. The van der Waals surface area contributed by atoms with Crippen LogP contribution >= 0.6 is 0 Å². The number of aryl methyl sites for hydroxylation is 1. The van der Waals surface area contributed by atoms with Crippen molar-refractivity contribution in [3.8, 4) is 11.3 Å². The van der Waals surface area contributed by atoms with Crippen LogP contribution in [0.25, 0.3) is 11.3 Å². The lowest BCUT2D eigenvalue weighted by Crippen LogP contribution is -2.47. The third kappa shape index (κ3) is 2.99. The third-order valence-corrected chi connectivity index (χ3v) is 6.66. The number of aromatic nitrogens is 2. The second kappa shape index (κ2) is 6.21. The molecular weight excluding hydrogens is 342 g/mol. The van der Waals surface area contributed by atoms with Gasteiger partial charge in [-0.25, -0.2) is 8.42 Å². The molecule has 0 radical (unpaired) electrons. The van der Waals surface area contributed by atoms with Crippen LogP contribution in [0.3, 0.4) is 0 Å². The number of nitrogens with zero attached hydrogens (tertiary/aromatic N) is 3. The van der Waals surface area contributed by atoms with E-state index in [1.165, 1.54) is 4.31 Å².